The van der Waals surface area contributed by atoms with Crippen LogP contribution in [0.3, 0.4) is 0 Å². The third-order valence-electron chi connectivity index (χ3n) is 6.04. The lowest BCUT2D eigenvalue weighted by atomic mass is 10.1. The average Bonchev–Trinajstić information content (AvgIpc) is 3.10. The molecule has 3 atom stereocenters. The van der Waals surface area contributed by atoms with Crippen molar-refractivity contribution in [1.29, 1.82) is 0 Å². The number of sulfone groups is 1. The zero-order chi connectivity index (χ0) is 19.9. The second kappa shape index (κ2) is 7.10. The molecule has 0 spiro atoms. The molecule has 0 N–H and O–H groups in total. The van der Waals surface area contributed by atoms with Crippen LogP contribution in [0.4, 0.5) is 0 Å². The third kappa shape index (κ3) is 3.19. The Bertz CT molecular complexity index is 901. The molecule has 2 saturated heterocycles. The van der Waals surface area contributed by atoms with Gasteiger partial charge in [-0.3, -0.25) is 9.69 Å². The molecule has 2 aliphatic heterocycles. The van der Waals surface area contributed by atoms with Gasteiger partial charge in [0.2, 0.25) is 4.75 Å². The summed E-state index contributed by atoms with van der Waals surface area (Å²) >= 11 is 0. The van der Waals surface area contributed by atoms with Crippen LogP contribution in [0.5, 0.6) is 0 Å². The van der Waals surface area contributed by atoms with Crippen molar-refractivity contribution >= 4 is 16.1 Å². The number of hydrogen-bond acceptors (Lipinski definition) is 4. The van der Waals surface area contributed by atoms with Gasteiger partial charge in [0.25, 0.3) is 5.91 Å². The van der Waals surface area contributed by atoms with Gasteiger partial charge < -0.3 is 9.45 Å². The number of benzene rings is 2. The van der Waals surface area contributed by atoms with Crippen molar-refractivity contribution < 1.29 is 13.6 Å². The molecule has 4 rings (SSSR count). The summed E-state index contributed by atoms with van der Waals surface area (Å²) in [6.45, 7) is 5.28. The zero-order valence-electron chi connectivity index (χ0n) is 16.3. The van der Waals surface area contributed by atoms with Crippen molar-refractivity contribution in [2.75, 3.05) is 13.1 Å². The predicted octanol–water partition coefficient (Wildman–Crippen LogP) is 2.69. The fraction of sp³-hybridized carbons (Fsp3) is 0.409. The standard InChI is InChI=1S/C22H26N2O3S/c1-22(2)21(25)24(14-18-11-7-4-8-12-18)19-15-23(16-20(19)28(22,26)27)13-17-9-5-3-6-10-17/h3-12,19-20H,13-16H2,1-2H3/t19-,20+/m0/s1. The Kier molecular flexibility index (Phi) is 4.89. The summed E-state index contributed by atoms with van der Waals surface area (Å²) in [6.07, 6.45) is 0. The Morgan fingerprint density at radius 2 is 1.50 bits per heavy atom. The van der Waals surface area contributed by atoms with Crippen molar-refractivity contribution in [1.82, 2.24) is 9.80 Å². The highest BCUT2D eigenvalue weighted by Gasteiger charge is 2.63. The molecule has 0 saturated carbocycles. The van der Waals surface area contributed by atoms with Crippen molar-refractivity contribution in [2.45, 2.75) is 43.0 Å². The normalized spacial score (nSPS) is 29.7. The highest BCUT2D eigenvalue weighted by Crippen LogP contribution is 2.41. The second-order valence-electron chi connectivity index (χ2n) is 8.26. The molecule has 2 heterocycles. The third-order valence-corrected chi connectivity index (χ3v) is 8.90. The van der Waals surface area contributed by atoms with Crippen LogP contribution in [0.1, 0.15) is 25.0 Å². The largest absolute Gasteiger partial charge is 0.614 e. The van der Waals surface area contributed by atoms with Crippen LogP contribution in [-0.4, -0.2) is 49.4 Å². The van der Waals surface area contributed by atoms with E-state index >= 15 is 0 Å². The Morgan fingerprint density at radius 3 is 2.07 bits per heavy atom. The minimum absolute atomic E-state index is 0.292. The van der Waals surface area contributed by atoms with Crippen LogP contribution in [-0.2, 0) is 32.3 Å². The molecule has 148 valence electrons. The van der Waals surface area contributed by atoms with Crippen LogP contribution < -0.4 is 0 Å². The van der Waals surface area contributed by atoms with E-state index in [0.29, 0.717) is 26.2 Å². The summed E-state index contributed by atoms with van der Waals surface area (Å²) in [4.78, 5) is 17.2. The fourth-order valence-corrected chi connectivity index (χ4v) is 6.54. The van der Waals surface area contributed by atoms with Crippen LogP contribution in [0, 0.1) is 0 Å². The van der Waals surface area contributed by atoms with E-state index in [-0.39, 0.29) is 11.9 Å². The average molecular weight is 399 g/mol. The van der Waals surface area contributed by atoms with Gasteiger partial charge in [-0.15, -0.1) is 4.21 Å². The van der Waals surface area contributed by atoms with E-state index in [2.05, 4.69) is 4.90 Å². The number of nitrogens with zero attached hydrogens (tertiary/aromatic N) is 2. The van der Waals surface area contributed by atoms with E-state index in [1.165, 1.54) is 0 Å². The number of likely N-dealkylation sites (tertiary alicyclic amines) is 1. The number of carbonyl (C=O) groups excluding carboxylic acids is 1. The fourth-order valence-electron chi connectivity index (χ4n) is 4.37. The van der Waals surface area contributed by atoms with Crippen LogP contribution >= 0.6 is 0 Å². The molecule has 0 aliphatic carbocycles. The summed E-state index contributed by atoms with van der Waals surface area (Å²) in [5.74, 6) is -0.292. The summed E-state index contributed by atoms with van der Waals surface area (Å²) in [5, 5.41) is -0.548. The molecule has 6 heteroatoms. The van der Waals surface area contributed by atoms with Crippen LogP contribution in [0.2, 0.25) is 0 Å². The van der Waals surface area contributed by atoms with Crippen molar-refractivity contribution in [3.05, 3.63) is 71.8 Å². The molecule has 5 nitrogen and oxygen atoms in total. The van der Waals surface area contributed by atoms with Gasteiger partial charge in [0.15, 0.2) is 5.25 Å². The van der Waals surface area contributed by atoms with E-state index < -0.39 is 20.2 Å². The maximum absolute atomic E-state index is 13.2. The topological polar surface area (TPSA) is 63.7 Å². The smallest absolute Gasteiger partial charge is 0.278 e. The number of amides is 1. The lowest BCUT2D eigenvalue weighted by molar-refractivity contribution is -0.137. The van der Waals surface area contributed by atoms with Gasteiger partial charge in [0.1, 0.15) is 0 Å². The van der Waals surface area contributed by atoms with Crippen molar-refractivity contribution in [3.63, 3.8) is 0 Å². The Morgan fingerprint density at radius 1 is 0.964 bits per heavy atom. The van der Waals surface area contributed by atoms with Crippen LogP contribution in [0.15, 0.2) is 60.7 Å². The van der Waals surface area contributed by atoms with Gasteiger partial charge in [-0.2, -0.15) is 0 Å². The van der Waals surface area contributed by atoms with Gasteiger partial charge in [0.05, 0.1) is 16.3 Å². The molecule has 0 aromatic heterocycles. The van der Waals surface area contributed by atoms with Crippen LogP contribution in [0.25, 0.3) is 0 Å². The first kappa shape index (κ1) is 19.3. The first-order chi connectivity index (χ1) is 13.3. The summed E-state index contributed by atoms with van der Waals surface area (Å²) in [5.41, 5.74) is 2.17. The number of rotatable bonds is 4. The van der Waals surface area contributed by atoms with E-state index in [1.807, 2.05) is 60.7 Å². The lowest BCUT2D eigenvalue weighted by Gasteiger charge is -2.47. The summed E-state index contributed by atoms with van der Waals surface area (Å²) < 4.78 is 25.1. The van der Waals surface area contributed by atoms with E-state index in [9.17, 15) is 13.6 Å². The highest BCUT2D eigenvalue weighted by atomic mass is 32.3. The van der Waals surface area contributed by atoms with Crippen molar-refractivity contribution in [2.24, 2.45) is 0 Å². The minimum Gasteiger partial charge on any atom is -0.614 e. The predicted molar refractivity (Wildman–Crippen MR) is 109 cm³/mol. The number of carbonyl (C=O) groups is 1. The quantitative estimate of drug-likeness (QED) is 0.743. The zero-order valence-corrected chi connectivity index (χ0v) is 17.1. The lowest BCUT2D eigenvalue weighted by Crippen LogP contribution is -2.67. The SMILES string of the molecule is CC1(C)C(=O)N(Cc2ccccc2)[C@H]2CN(Cc3ccccc3)C[C@H]2[S+]1(=O)[O-]. The van der Waals surface area contributed by atoms with Crippen molar-refractivity contribution in [3.8, 4) is 0 Å². The molecular formula is C22H26N2O3S. The molecule has 1 unspecified atom stereocenters. The van der Waals surface area contributed by atoms with Gasteiger partial charge in [-0.1, -0.05) is 60.7 Å². The maximum Gasteiger partial charge on any atom is 0.278 e. The molecule has 1 amide bonds. The Labute approximate surface area is 167 Å². The summed E-state index contributed by atoms with van der Waals surface area (Å²) in [7, 11) is -3.57. The van der Waals surface area contributed by atoms with E-state index in [0.717, 1.165) is 11.1 Å². The maximum atomic E-state index is 13.2. The molecule has 2 aromatic rings. The number of fused-ring (bicyclic) bond motifs is 1. The molecule has 2 aromatic carbocycles. The molecular weight excluding hydrogens is 372 g/mol. The molecule has 28 heavy (non-hydrogen) atoms. The molecule has 0 radical (unpaired) electrons. The Balaban J connectivity index is 1.64. The number of hydrogen-bond donors (Lipinski definition) is 0. The first-order valence-corrected chi connectivity index (χ1v) is 11.2. The first-order valence-electron chi connectivity index (χ1n) is 9.65. The monoisotopic (exact) mass is 398 g/mol. The molecule has 2 aliphatic rings. The van der Waals surface area contributed by atoms with Gasteiger partial charge >= 0.3 is 0 Å². The highest BCUT2D eigenvalue weighted by molar-refractivity contribution is 8.00. The van der Waals surface area contributed by atoms with Gasteiger partial charge in [0, 0.05) is 26.2 Å². The molecule has 0 bridgehead atoms. The van der Waals surface area contributed by atoms with E-state index in [1.54, 1.807) is 18.7 Å². The van der Waals surface area contributed by atoms with E-state index in [4.69, 9.17) is 0 Å². The Hall–Kier alpha value is -2.02. The van der Waals surface area contributed by atoms with Gasteiger partial charge in [-0.25, -0.2) is 0 Å². The second-order valence-corrected chi connectivity index (χ2v) is 11.0. The summed E-state index contributed by atoms with van der Waals surface area (Å²) in [6, 6.07) is 19.5. The molecule has 2 fully saturated rings. The minimum atomic E-state index is -3.57. The van der Waals surface area contributed by atoms with Gasteiger partial charge in [-0.05, 0) is 25.0 Å².